The molecule has 2 N–H and O–H groups in total. The molecule has 2 heterocycles. The minimum atomic E-state index is -0.542. The van der Waals surface area contributed by atoms with Crippen LogP contribution in [-0.4, -0.2) is 39.1 Å². The quantitative estimate of drug-likeness (QED) is 0.770. The number of rotatable bonds is 4. The standard InChI is InChI=1S/C12H15N3O4/c1-3-19-12(18)10-9-7(2)6-8(17)13-11(9)15(14-10)4-5-16/h6,16H,3-5H2,1-2H3,(H,13,17). The fourth-order valence-electron chi connectivity index (χ4n) is 1.98. The summed E-state index contributed by atoms with van der Waals surface area (Å²) in [6.07, 6.45) is 0. The van der Waals surface area contributed by atoms with Gasteiger partial charge in [0.05, 0.1) is 25.1 Å². The molecule has 0 amide bonds. The van der Waals surface area contributed by atoms with Gasteiger partial charge in [-0.3, -0.25) is 4.79 Å². The second-order valence-corrected chi connectivity index (χ2v) is 4.06. The number of H-pyrrole nitrogens is 1. The predicted octanol–water partition coefficient (Wildman–Crippen LogP) is 0.202. The Bertz CT molecular complexity index is 671. The van der Waals surface area contributed by atoms with Gasteiger partial charge in [0.2, 0.25) is 5.56 Å². The van der Waals surface area contributed by atoms with E-state index in [9.17, 15) is 9.59 Å². The maximum absolute atomic E-state index is 11.9. The molecule has 0 saturated carbocycles. The molecule has 2 rings (SSSR count). The topological polar surface area (TPSA) is 97.2 Å². The lowest BCUT2D eigenvalue weighted by molar-refractivity contribution is 0.0520. The maximum atomic E-state index is 11.9. The number of esters is 1. The Kier molecular flexibility index (Phi) is 3.66. The third-order valence-electron chi connectivity index (χ3n) is 2.72. The molecule has 102 valence electrons. The summed E-state index contributed by atoms with van der Waals surface area (Å²) in [4.78, 5) is 26.0. The number of carbonyl (C=O) groups excluding carboxylic acids is 1. The number of pyridine rings is 1. The van der Waals surface area contributed by atoms with Crippen LogP contribution in [0.5, 0.6) is 0 Å². The SMILES string of the molecule is CCOC(=O)c1nn(CCO)c2[nH]c(=O)cc(C)c12. The van der Waals surface area contributed by atoms with Crippen LogP contribution >= 0.6 is 0 Å². The fraction of sp³-hybridized carbons (Fsp3) is 0.417. The van der Waals surface area contributed by atoms with Crippen molar-refractivity contribution in [3.05, 3.63) is 27.7 Å². The van der Waals surface area contributed by atoms with Crippen molar-refractivity contribution < 1.29 is 14.6 Å². The molecule has 0 aromatic carbocycles. The summed E-state index contributed by atoms with van der Waals surface area (Å²) in [5.41, 5.74) is 0.937. The van der Waals surface area contributed by atoms with E-state index in [1.165, 1.54) is 10.7 Å². The number of aliphatic hydroxyl groups is 1. The van der Waals surface area contributed by atoms with Crippen LogP contribution in [0, 0.1) is 6.92 Å². The zero-order valence-corrected chi connectivity index (χ0v) is 10.8. The van der Waals surface area contributed by atoms with Crippen LogP contribution in [0.3, 0.4) is 0 Å². The van der Waals surface area contributed by atoms with Gasteiger partial charge in [0.15, 0.2) is 5.69 Å². The summed E-state index contributed by atoms with van der Waals surface area (Å²) in [7, 11) is 0. The number of nitrogens with zero attached hydrogens (tertiary/aromatic N) is 2. The van der Waals surface area contributed by atoms with Crippen molar-refractivity contribution in [3.63, 3.8) is 0 Å². The Labute approximate surface area is 108 Å². The number of aromatic amines is 1. The molecular formula is C12H15N3O4. The number of carbonyl (C=O) groups is 1. The number of ether oxygens (including phenoxy) is 1. The van der Waals surface area contributed by atoms with E-state index in [1.807, 2.05) is 0 Å². The average molecular weight is 265 g/mol. The van der Waals surface area contributed by atoms with Crippen LogP contribution in [0.4, 0.5) is 0 Å². The van der Waals surface area contributed by atoms with Crippen LogP contribution in [0.2, 0.25) is 0 Å². The average Bonchev–Trinajstić information content (AvgIpc) is 2.69. The molecular weight excluding hydrogens is 250 g/mol. The first-order chi connectivity index (χ1) is 9.08. The summed E-state index contributed by atoms with van der Waals surface area (Å²) >= 11 is 0. The molecule has 0 spiro atoms. The van der Waals surface area contributed by atoms with Gasteiger partial charge in [0.25, 0.3) is 0 Å². The number of hydrogen-bond donors (Lipinski definition) is 2. The highest BCUT2D eigenvalue weighted by Gasteiger charge is 2.20. The first-order valence-corrected chi connectivity index (χ1v) is 5.97. The first-order valence-electron chi connectivity index (χ1n) is 5.97. The van der Waals surface area contributed by atoms with Crippen LogP contribution in [0.25, 0.3) is 11.0 Å². The third kappa shape index (κ3) is 2.37. The minimum Gasteiger partial charge on any atom is -0.461 e. The van der Waals surface area contributed by atoms with E-state index >= 15 is 0 Å². The summed E-state index contributed by atoms with van der Waals surface area (Å²) < 4.78 is 6.34. The summed E-state index contributed by atoms with van der Waals surface area (Å²) in [5, 5.41) is 13.7. The summed E-state index contributed by atoms with van der Waals surface area (Å²) in [5.74, 6) is -0.542. The van der Waals surface area contributed by atoms with Gasteiger partial charge >= 0.3 is 5.97 Å². The van der Waals surface area contributed by atoms with Crippen molar-refractivity contribution in [2.45, 2.75) is 20.4 Å². The smallest absolute Gasteiger partial charge is 0.359 e. The van der Waals surface area contributed by atoms with Crippen LogP contribution < -0.4 is 5.56 Å². The van der Waals surface area contributed by atoms with E-state index in [0.29, 0.717) is 16.6 Å². The van der Waals surface area contributed by atoms with Gasteiger partial charge in [-0.05, 0) is 19.4 Å². The summed E-state index contributed by atoms with van der Waals surface area (Å²) in [6.45, 7) is 3.73. The van der Waals surface area contributed by atoms with E-state index in [-0.39, 0.29) is 31.0 Å². The van der Waals surface area contributed by atoms with E-state index in [4.69, 9.17) is 9.84 Å². The lowest BCUT2D eigenvalue weighted by Gasteiger charge is -2.00. The van der Waals surface area contributed by atoms with Crippen molar-refractivity contribution in [3.8, 4) is 0 Å². The Morgan fingerprint density at radius 3 is 2.95 bits per heavy atom. The number of aromatic nitrogens is 3. The van der Waals surface area contributed by atoms with Gasteiger partial charge in [-0.25, -0.2) is 9.48 Å². The molecule has 0 aliphatic carbocycles. The molecule has 0 radical (unpaired) electrons. The Balaban J connectivity index is 2.71. The molecule has 0 bridgehead atoms. The highest BCUT2D eigenvalue weighted by molar-refractivity contribution is 6.02. The highest BCUT2D eigenvalue weighted by atomic mass is 16.5. The number of hydrogen-bond acceptors (Lipinski definition) is 5. The lowest BCUT2D eigenvalue weighted by Crippen LogP contribution is -2.10. The van der Waals surface area contributed by atoms with Crippen molar-refractivity contribution in [1.82, 2.24) is 14.8 Å². The number of fused-ring (bicyclic) bond motifs is 1. The second-order valence-electron chi connectivity index (χ2n) is 4.06. The minimum absolute atomic E-state index is 0.144. The van der Waals surface area contributed by atoms with Gasteiger partial charge in [-0.2, -0.15) is 5.10 Å². The monoisotopic (exact) mass is 265 g/mol. The van der Waals surface area contributed by atoms with Crippen molar-refractivity contribution in [1.29, 1.82) is 0 Å². The van der Waals surface area contributed by atoms with Crippen molar-refractivity contribution in [2.24, 2.45) is 0 Å². The normalized spacial score (nSPS) is 10.9. The van der Waals surface area contributed by atoms with Gasteiger partial charge < -0.3 is 14.8 Å². The molecule has 2 aromatic rings. The highest BCUT2D eigenvalue weighted by Crippen LogP contribution is 2.20. The maximum Gasteiger partial charge on any atom is 0.359 e. The number of aliphatic hydroxyl groups excluding tert-OH is 1. The van der Waals surface area contributed by atoms with Gasteiger partial charge in [0, 0.05) is 6.07 Å². The molecule has 7 heteroatoms. The third-order valence-corrected chi connectivity index (χ3v) is 2.72. The van der Waals surface area contributed by atoms with Gasteiger partial charge in [-0.15, -0.1) is 0 Å². The molecule has 0 aliphatic heterocycles. The van der Waals surface area contributed by atoms with E-state index < -0.39 is 5.97 Å². The Morgan fingerprint density at radius 2 is 2.32 bits per heavy atom. The second kappa shape index (κ2) is 5.23. The Morgan fingerprint density at radius 1 is 1.58 bits per heavy atom. The van der Waals surface area contributed by atoms with Crippen LogP contribution in [-0.2, 0) is 11.3 Å². The molecule has 0 unspecified atom stereocenters. The van der Waals surface area contributed by atoms with Gasteiger partial charge in [0.1, 0.15) is 5.65 Å². The molecule has 0 saturated heterocycles. The Hall–Kier alpha value is -2.15. The molecule has 0 aliphatic rings. The molecule has 2 aromatic heterocycles. The molecule has 0 fully saturated rings. The van der Waals surface area contributed by atoms with E-state index in [0.717, 1.165) is 0 Å². The fourth-order valence-corrected chi connectivity index (χ4v) is 1.98. The van der Waals surface area contributed by atoms with Crippen LogP contribution in [0.1, 0.15) is 23.0 Å². The van der Waals surface area contributed by atoms with Gasteiger partial charge in [-0.1, -0.05) is 0 Å². The molecule has 7 nitrogen and oxygen atoms in total. The van der Waals surface area contributed by atoms with Crippen molar-refractivity contribution >= 4 is 17.0 Å². The predicted molar refractivity (Wildman–Crippen MR) is 68.1 cm³/mol. The van der Waals surface area contributed by atoms with E-state index in [1.54, 1.807) is 13.8 Å². The lowest BCUT2D eigenvalue weighted by atomic mass is 10.1. The zero-order chi connectivity index (χ0) is 14.0. The summed E-state index contributed by atoms with van der Waals surface area (Å²) in [6, 6.07) is 1.40. The zero-order valence-electron chi connectivity index (χ0n) is 10.8. The largest absolute Gasteiger partial charge is 0.461 e. The molecule has 19 heavy (non-hydrogen) atoms. The van der Waals surface area contributed by atoms with Crippen LogP contribution in [0.15, 0.2) is 10.9 Å². The number of aryl methyl sites for hydroxylation is 1. The van der Waals surface area contributed by atoms with Crippen molar-refractivity contribution in [2.75, 3.05) is 13.2 Å². The number of nitrogens with one attached hydrogen (secondary N) is 1. The first kappa shape index (κ1) is 13.3. The van der Waals surface area contributed by atoms with E-state index in [2.05, 4.69) is 10.1 Å². The molecule has 0 atom stereocenters.